The zero-order valence-corrected chi connectivity index (χ0v) is 13.4. The standard InChI is InChI=1S/C9H18FN.C7H15N/c1-8(2)9-6-11(7-9)5-3-4-10;1-3-8-5-4-7(2)6-8/h8-9H,3-7H2,1-2H3;7H,3-6H2,1-2H3. The Morgan fingerprint density at radius 1 is 1.16 bits per heavy atom. The maximum atomic E-state index is 11.7. The van der Waals surface area contributed by atoms with Gasteiger partial charge in [-0.15, -0.1) is 0 Å². The average Bonchev–Trinajstić information content (AvgIpc) is 2.74. The second-order valence-corrected chi connectivity index (χ2v) is 6.59. The molecule has 0 aromatic rings. The van der Waals surface area contributed by atoms with Crippen LogP contribution >= 0.6 is 0 Å². The van der Waals surface area contributed by atoms with Crippen LogP contribution in [0.1, 0.15) is 40.5 Å². The molecule has 0 N–H and O–H groups in total. The number of hydrogen-bond donors (Lipinski definition) is 0. The smallest absolute Gasteiger partial charge is 0.0906 e. The lowest BCUT2D eigenvalue weighted by molar-refractivity contribution is 0.0659. The second kappa shape index (κ2) is 8.91. The first kappa shape index (κ1) is 16.9. The van der Waals surface area contributed by atoms with Gasteiger partial charge in [-0.05, 0) is 43.7 Å². The van der Waals surface area contributed by atoms with Crippen LogP contribution in [0.3, 0.4) is 0 Å². The minimum atomic E-state index is -0.164. The van der Waals surface area contributed by atoms with Crippen molar-refractivity contribution in [1.29, 1.82) is 0 Å². The van der Waals surface area contributed by atoms with E-state index in [2.05, 4.69) is 37.5 Å². The van der Waals surface area contributed by atoms with Crippen molar-refractivity contribution in [1.82, 2.24) is 9.80 Å². The minimum Gasteiger partial charge on any atom is -0.303 e. The van der Waals surface area contributed by atoms with Gasteiger partial charge in [-0.1, -0.05) is 27.7 Å². The van der Waals surface area contributed by atoms with Gasteiger partial charge in [-0.3, -0.25) is 4.39 Å². The van der Waals surface area contributed by atoms with Crippen molar-refractivity contribution in [2.45, 2.75) is 40.5 Å². The van der Waals surface area contributed by atoms with Crippen LogP contribution in [0.4, 0.5) is 4.39 Å². The third-order valence-electron chi connectivity index (χ3n) is 4.49. The molecule has 3 heteroatoms. The fourth-order valence-corrected chi connectivity index (χ4v) is 2.81. The molecule has 1 atom stereocenters. The molecule has 2 nitrogen and oxygen atoms in total. The zero-order chi connectivity index (χ0) is 14.3. The van der Waals surface area contributed by atoms with Crippen LogP contribution in [0.15, 0.2) is 0 Å². The Morgan fingerprint density at radius 3 is 2.21 bits per heavy atom. The van der Waals surface area contributed by atoms with Crippen LogP contribution in [-0.2, 0) is 0 Å². The first-order valence-electron chi connectivity index (χ1n) is 8.07. The molecule has 0 bridgehead atoms. The van der Waals surface area contributed by atoms with Crippen molar-refractivity contribution in [2.24, 2.45) is 17.8 Å². The monoisotopic (exact) mass is 272 g/mol. The number of halogens is 1. The zero-order valence-electron chi connectivity index (χ0n) is 13.4. The molecule has 2 fully saturated rings. The Hall–Kier alpha value is -0.150. The molecule has 0 radical (unpaired) electrons. The first-order chi connectivity index (χ1) is 9.06. The van der Waals surface area contributed by atoms with Crippen LogP contribution in [0.25, 0.3) is 0 Å². The molecule has 0 aromatic carbocycles. The Kier molecular flexibility index (Phi) is 7.93. The van der Waals surface area contributed by atoms with Crippen molar-refractivity contribution in [3.05, 3.63) is 0 Å². The van der Waals surface area contributed by atoms with E-state index in [9.17, 15) is 4.39 Å². The van der Waals surface area contributed by atoms with Crippen molar-refractivity contribution in [3.63, 3.8) is 0 Å². The van der Waals surface area contributed by atoms with E-state index in [4.69, 9.17) is 0 Å². The lowest BCUT2D eigenvalue weighted by Gasteiger charge is -2.41. The number of nitrogens with zero attached hydrogens (tertiary/aromatic N) is 2. The van der Waals surface area contributed by atoms with Gasteiger partial charge in [0.2, 0.25) is 0 Å². The Bertz CT molecular complexity index is 227. The summed E-state index contributed by atoms with van der Waals surface area (Å²) in [6, 6.07) is 0. The lowest BCUT2D eigenvalue weighted by Crippen LogP contribution is -2.49. The lowest BCUT2D eigenvalue weighted by atomic mass is 9.88. The number of hydrogen-bond acceptors (Lipinski definition) is 2. The number of rotatable bonds is 5. The number of alkyl halides is 1. The molecule has 19 heavy (non-hydrogen) atoms. The second-order valence-electron chi connectivity index (χ2n) is 6.59. The Labute approximate surface area is 119 Å². The molecular weight excluding hydrogens is 239 g/mol. The molecule has 0 saturated carbocycles. The maximum absolute atomic E-state index is 11.7. The molecule has 1 unspecified atom stereocenters. The first-order valence-corrected chi connectivity index (χ1v) is 8.07. The molecule has 2 saturated heterocycles. The predicted molar refractivity (Wildman–Crippen MR) is 81.3 cm³/mol. The molecular formula is C16H33FN2. The highest BCUT2D eigenvalue weighted by molar-refractivity contribution is 4.81. The largest absolute Gasteiger partial charge is 0.303 e. The summed E-state index contributed by atoms with van der Waals surface area (Å²) in [7, 11) is 0. The number of likely N-dealkylation sites (tertiary alicyclic amines) is 2. The third-order valence-corrected chi connectivity index (χ3v) is 4.49. The van der Waals surface area contributed by atoms with Gasteiger partial charge in [0, 0.05) is 26.2 Å². The van der Waals surface area contributed by atoms with Gasteiger partial charge >= 0.3 is 0 Å². The van der Waals surface area contributed by atoms with Crippen molar-refractivity contribution >= 4 is 0 Å². The summed E-state index contributed by atoms with van der Waals surface area (Å²) in [5.41, 5.74) is 0. The van der Waals surface area contributed by atoms with E-state index < -0.39 is 0 Å². The summed E-state index contributed by atoms with van der Waals surface area (Å²) in [6.07, 6.45) is 2.12. The van der Waals surface area contributed by atoms with Crippen LogP contribution in [-0.4, -0.2) is 55.7 Å². The molecule has 114 valence electrons. The summed E-state index contributed by atoms with van der Waals surface area (Å²) >= 11 is 0. The molecule has 0 spiro atoms. The highest BCUT2D eigenvalue weighted by atomic mass is 19.1. The van der Waals surface area contributed by atoms with Crippen molar-refractivity contribution < 1.29 is 4.39 Å². The van der Waals surface area contributed by atoms with Gasteiger partial charge in [-0.25, -0.2) is 0 Å². The SMILES string of the molecule is CC(C)C1CN(CCCF)C1.CCN1CCC(C)C1. The van der Waals surface area contributed by atoms with Gasteiger partial charge in [-0.2, -0.15) is 0 Å². The van der Waals surface area contributed by atoms with Gasteiger partial charge in [0.1, 0.15) is 0 Å². The van der Waals surface area contributed by atoms with Crippen LogP contribution < -0.4 is 0 Å². The molecule has 2 aliphatic rings. The summed E-state index contributed by atoms with van der Waals surface area (Å²) in [6.45, 7) is 16.2. The molecule has 2 aliphatic heterocycles. The van der Waals surface area contributed by atoms with Gasteiger partial charge < -0.3 is 9.80 Å². The van der Waals surface area contributed by atoms with Crippen LogP contribution in [0.5, 0.6) is 0 Å². The Morgan fingerprint density at radius 2 is 1.84 bits per heavy atom. The van der Waals surface area contributed by atoms with E-state index in [1.807, 2.05) is 0 Å². The van der Waals surface area contributed by atoms with Crippen LogP contribution in [0.2, 0.25) is 0 Å². The highest BCUT2D eigenvalue weighted by Gasteiger charge is 2.27. The molecule has 0 aromatic heterocycles. The summed E-state index contributed by atoms with van der Waals surface area (Å²) < 4.78 is 11.7. The highest BCUT2D eigenvalue weighted by Crippen LogP contribution is 2.22. The minimum absolute atomic E-state index is 0.164. The van der Waals surface area contributed by atoms with E-state index in [0.29, 0.717) is 6.42 Å². The van der Waals surface area contributed by atoms with Gasteiger partial charge in [0.05, 0.1) is 6.67 Å². The van der Waals surface area contributed by atoms with Gasteiger partial charge in [0.25, 0.3) is 0 Å². The Balaban J connectivity index is 0.000000200. The predicted octanol–water partition coefficient (Wildman–Crippen LogP) is 3.28. The van der Waals surface area contributed by atoms with E-state index in [1.54, 1.807) is 0 Å². The average molecular weight is 272 g/mol. The fraction of sp³-hybridized carbons (Fsp3) is 1.00. The van der Waals surface area contributed by atoms with Gasteiger partial charge in [0.15, 0.2) is 0 Å². The quantitative estimate of drug-likeness (QED) is 0.758. The topological polar surface area (TPSA) is 6.48 Å². The molecule has 0 aliphatic carbocycles. The van der Waals surface area contributed by atoms with E-state index in [1.165, 1.54) is 39.1 Å². The van der Waals surface area contributed by atoms with E-state index in [0.717, 1.165) is 24.3 Å². The summed E-state index contributed by atoms with van der Waals surface area (Å²) in [5, 5.41) is 0. The summed E-state index contributed by atoms with van der Waals surface area (Å²) in [4.78, 5) is 4.84. The maximum Gasteiger partial charge on any atom is 0.0906 e. The van der Waals surface area contributed by atoms with Crippen molar-refractivity contribution in [2.75, 3.05) is 45.9 Å². The van der Waals surface area contributed by atoms with E-state index >= 15 is 0 Å². The van der Waals surface area contributed by atoms with Crippen LogP contribution in [0, 0.1) is 17.8 Å². The van der Waals surface area contributed by atoms with Crippen molar-refractivity contribution in [3.8, 4) is 0 Å². The molecule has 0 amide bonds. The third kappa shape index (κ3) is 6.22. The summed E-state index contributed by atoms with van der Waals surface area (Å²) in [5.74, 6) is 2.63. The molecule has 2 rings (SSSR count). The normalized spacial score (nSPS) is 25.3. The molecule has 2 heterocycles. The fourth-order valence-electron chi connectivity index (χ4n) is 2.81. The van der Waals surface area contributed by atoms with E-state index in [-0.39, 0.29) is 6.67 Å².